The van der Waals surface area contributed by atoms with E-state index in [0.29, 0.717) is 0 Å². The number of pyridine rings is 1. The van der Waals surface area contributed by atoms with Crippen LogP contribution in [-0.4, -0.2) is 0 Å². The molecule has 1 aromatic heterocycles. The van der Waals surface area contributed by atoms with E-state index in [1.54, 1.807) is 0 Å². The lowest BCUT2D eigenvalue weighted by molar-refractivity contribution is -0.704. The lowest BCUT2D eigenvalue weighted by atomic mass is 10.1. The van der Waals surface area contributed by atoms with Crippen LogP contribution in [0.15, 0.2) is 24.4 Å². The minimum Gasteiger partial charge on any atom is -0.202 e. The van der Waals surface area contributed by atoms with E-state index in [-0.39, 0.29) is 0 Å². The molecule has 0 amide bonds. The molecular formula is C20H36N+. The van der Waals surface area contributed by atoms with E-state index in [1.165, 1.54) is 89.3 Å². The molecule has 0 aliphatic carbocycles. The highest BCUT2D eigenvalue weighted by molar-refractivity contribution is 4.97. The SMILES string of the molecule is CCCCCCCCCCC[n+]1ccccc1CCCC. The zero-order valence-corrected chi connectivity index (χ0v) is 14.4. The average molecular weight is 291 g/mol. The molecule has 0 saturated carbocycles. The van der Waals surface area contributed by atoms with Crippen molar-refractivity contribution in [3.8, 4) is 0 Å². The zero-order chi connectivity index (χ0) is 15.2. The van der Waals surface area contributed by atoms with Gasteiger partial charge in [0.15, 0.2) is 11.9 Å². The van der Waals surface area contributed by atoms with Gasteiger partial charge in [0.25, 0.3) is 0 Å². The second-order valence-corrected chi connectivity index (χ2v) is 6.32. The van der Waals surface area contributed by atoms with E-state index >= 15 is 0 Å². The molecule has 0 spiro atoms. The molecule has 1 heteroatoms. The lowest BCUT2D eigenvalue weighted by Crippen LogP contribution is -2.37. The third-order valence-electron chi connectivity index (χ3n) is 4.32. The topological polar surface area (TPSA) is 3.88 Å². The van der Waals surface area contributed by atoms with Crippen molar-refractivity contribution in [1.82, 2.24) is 0 Å². The van der Waals surface area contributed by atoms with Crippen molar-refractivity contribution in [2.75, 3.05) is 0 Å². The third kappa shape index (κ3) is 8.90. The van der Waals surface area contributed by atoms with Gasteiger partial charge in [-0.1, -0.05) is 71.3 Å². The van der Waals surface area contributed by atoms with Crippen molar-refractivity contribution < 1.29 is 4.57 Å². The summed E-state index contributed by atoms with van der Waals surface area (Å²) in [6, 6.07) is 6.64. The second kappa shape index (κ2) is 12.9. The standard InChI is InChI=1S/C20H36N/c1-3-5-7-8-9-10-11-12-14-18-21-19-15-13-17-20(21)16-6-4-2/h13,15,17,19H,3-12,14,16,18H2,1-2H3/q+1. The molecule has 0 aliphatic rings. The Kier molecular flexibility index (Phi) is 11.1. The molecule has 1 nitrogen and oxygen atoms in total. The Hall–Kier alpha value is -0.850. The normalized spacial score (nSPS) is 11.0. The highest BCUT2D eigenvalue weighted by Crippen LogP contribution is 2.09. The number of aryl methyl sites for hydroxylation is 2. The first kappa shape index (κ1) is 18.2. The van der Waals surface area contributed by atoms with Crippen molar-refractivity contribution in [3.63, 3.8) is 0 Å². The van der Waals surface area contributed by atoms with Gasteiger partial charge in [-0.25, -0.2) is 4.57 Å². The average Bonchev–Trinajstić information content (AvgIpc) is 2.52. The zero-order valence-electron chi connectivity index (χ0n) is 14.4. The van der Waals surface area contributed by atoms with Crippen molar-refractivity contribution in [3.05, 3.63) is 30.1 Å². The van der Waals surface area contributed by atoms with Gasteiger partial charge in [0, 0.05) is 25.0 Å². The first-order chi connectivity index (χ1) is 10.4. The number of rotatable bonds is 13. The molecule has 0 unspecified atom stereocenters. The summed E-state index contributed by atoms with van der Waals surface area (Å²) in [4.78, 5) is 0. The predicted molar refractivity (Wildman–Crippen MR) is 92.5 cm³/mol. The van der Waals surface area contributed by atoms with Gasteiger partial charge in [-0.05, 0) is 12.8 Å². The number of nitrogens with zero attached hydrogens (tertiary/aromatic N) is 1. The van der Waals surface area contributed by atoms with Gasteiger partial charge in [-0.2, -0.15) is 0 Å². The van der Waals surface area contributed by atoms with Gasteiger partial charge in [0.2, 0.25) is 0 Å². The molecule has 21 heavy (non-hydrogen) atoms. The smallest absolute Gasteiger partial charge is 0.181 e. The summed E-state index contributed by atoms with van der Waals surface area (Å²) in [5.74, 6) is 0. The summed E-state index contributed by atoms with van der Waals surface area (Å²) < 4.78 is 2.47. The molecule has 0 fully saturated rings. The maximum atomic E-state index is 2.47. The van der Waals surface area contributed by atoms with Crippen LogP contribution in [0, 0.1) is 0 Å². The van der Waals surface area contributed by atoms with Crippen LogP contribution in [0.5, 0.6) is 0 Å². The van der Waals surface area contributed by atoms with Gasteiger partial charge in [0.05, 0.1) is 0 Å². The van der Waals surface area contributed by atoms with Gasteiger partial charge in [-0.3, -0.25) is 0 Å². The maximum Gasteiger partial charge on any atom is 0.181 e. The van der Waals surface area contributed by atoms with E-state index in [1.807, 2.05) is 0 Å². The van der Waals surface area contributed by atoms with Gasteiger partial charge < -0.3 is 0 Å². The summed E-state index contributed by atoms with van der Waals surface area (Å²) in [6.45, 7) is 5.76. The lowest BCUT2D eigenvalue weighted by Gasteiger charge is -2.04. The third-order valence-corrected chi connectivity index (χ3v) is 4.32. The van der Waals surface area contributed by atoms with Crippen LogP contribution in [0.2, 0.25) is 0 Å². The van der Waals surface area contributed by atoms with Crippen LogP contribution in [0.1, 0.15) is 90.2 Å². The Labute approximate surface area is 132 Å². The summed E-state index contributed by atoms with van der Waals surface area (Å²) >= 11 is 0. The number of aromatic nitrogens is 1. The van der Waals surface area contributed by atoms with E-state index in [9.17, 15) is 0 Å². The fraction of sp³-hybridized carbons (Fsp3) is 0.750. The minimum atomic E-state index is 1.20. The van der Waals surface area contributed by atoms with Gasteiger partial charge in [0.1, 0.15) is 6.54 Å². The van der Waals surface area contributed by atoms with Crippen molar-refractivity contribution in [2.24, 2.45) is 0 Å². The molecule has 1 aromatic rings. The Bertz CT molecular complexity index is 345. The Morgan fingerprint density at radius 1 is 0.714 bits per heavy atom. The Morgan fingerprint density at radius 2 is 1.33 bits per heavy atom. The molecule has 1 heterocycles. The molecule has 0 bridgehead atoms. The maximum absolute atomic E-state index is 2.47. The summed E-state index contributed by atoms with van der Waals surface area (Å²) in [5.41, 5.74) is 1.51. The minimum absolute atomic E-state index is 1.20. The van der Waals surface area contributed by atoms with Gasteiger partial charge >= 0.3 is 0 Å². The van der Waals surface area contributed by atoms with Gasteiger partial charge in [-0.15, -0.1) is 0 Å². The van der Waals surface area contributed by atoms with Crippen LogP contribution in [0.3, 0.4) is 0 Å². The molecule has 1 rings (SSSR count). The summed E-state index contributed by atoms with van der Waals surface area (Å²) in [6.07, 6.45) is 18.8. The van der Waals surface area contributed by atoms with Crippen LogP contribution < -0.4 is 4.57 Å². The molecule has 120 valence electrons. The van der Waals surface area contributed by atoms with E-state index in [0.717, 1.165) is 0 Å². The second-order valence-electron chi connectivity index (χ2n) is 6.32. The highest BCUT2D eigenvalue weighted by Gasteiger charge is 2.08. The Morgan fingerprint density at radius 3 is 2.00 bits per heavy atom. The number of unbranched alkanes of at least 4 members (excludes halogenated alkanes) is 9. The highest BCUT2D eigenvalue weighted by atomic mass is 14.9. The summed E-state index contributed by atoms with van der Waals surface area (Å²) in [5, 5.41) is 0. The van der Waals surface area contributed by atoms with Crippen LogP contribution >= 0.6 is 0 Å². The molecule has 0 saturated heterocycles. The molecule has 0 radical (unpaired) electrons. The molecule has 0 atom stereocenters. The van der Waals surface area contributed by atoms with Crippen LogP contribution in [0.25, 0.3) is 0 Å². The van der Waals surface area contributed by atoms with E-state index in [2.05, 4.69) is 42.8 Å². The van der Waals surface area contributed by atoms with E-state index < -0.39 is 0 Å². The summed E-state index contributed by atoms with van der Waals surface area (Å²) in [7, 11) is 0. The first-order valence-corrected chi connectivity index (χ1v) is 9.35. The molecule has 0 aromatic carbocycles. The monoisotopic (exact) mass is 290 g/mol. The number of hydrogen-bond donors (Lipinski definition) is 0. The fourth-order valence-electron chi connectivity index (χ4n) is 2.91. The molecular weight excluding hydrogens is 254 g/mol. The quantitative estimate of drug-likeness (QED) is 0.317. The molecule has 0 aliphatic heterocycles. The largest absolute Gasteiger partial charge is 0.202 e. The number of hydrogen-bond acceptors (Lipinski definition) is 0. The first-order valence-electron chi connectivity index (χ1n) is 9.35. The van der Waals surface area contributed by atoms with Crippen LogP contribution in [0.4, 0.5) is 0 Å². The van der Waals surface area contributed by atoms with Crippen molar-refractivity contribution in [2.45, 2.75) is 97.4 Å². The molecule has 0 N–H and O–H groups in total. The fourth-order valence-corrected chi connectivity index (χ4v) is 2.91. The van der Waals surface area contributed by atoms with E-state index in [4.69, 9.17) is 0 Å². The van der Waals surface area contributed by atoms with Crippen molar-refractivity contribution in [1.29, 1.82) is 0 Å². The van der Waals surface area contributed by atoms with Crippen LogP contribution in [-0.2, 0) is 13.0 Å². The van der Waals surface area contributed by atoms with Crippen molar-refractivity contribution >= 4 is 0 Å². The predicted octanol–water partition coefficient (Wildman–Crippen LogP) is 5.85. The Balaban J connectivity index is 2.09.